The van der Waals surface area contributed by atoms with Crippen LogP contribution >= 0.6 is 11.3 Å². The molecule has 5 nitrogen and oxygen atoms in total. The van der Waals surface area contributed by atoms with E-state index in [1.807, 2.05) is 17.6 Å². The maximum Gasteiger partial charge on any atom is 0.132 e. The third-order valence-corrected chi connectivity index (χ3v) is 3.37. The van der Waals surface area contributed by atoms with Gasteiger partial charge in [-0.25, -0.2) is 15.0 Å². The predicted octanol–water partition coefficient (Wildman–Crippen LogP) is 2.93. The number of hydrogen-bond acceptors (Lipinski definition) is 6. The van der Waals surface area contributed by atoms with Crippen LogP contribution in [-0.2, 0) is 0 Å². The van der Waals surface area contributed by atoms with Gasteiger partial charge in [-0.1, -0.05) is 6.92 Å². The molecule has 0 aliphatic carbocycles. The summed E-state index contributed by atoms with van der Waals surface area (Å²) in [7, 11) is 0. The Morgan fingerprint density at radius 2 is 2.11 bits per heavy atom. The molecule has 0 spiro atoms. The summed E-state index contributed by atoms with van der Waals surface area (Å²) >= 11 is 1.64. The van der Waals surface area contributed by atoms with Gasteiger partial charge in [0.2, 0.25) is 0 Å². The van der Waals surface area contributed by atoms with Crippen LogP contribution in [0.4, 0.5) is 11.6 Å². The molecule has 0 aliphatic rings. The fraction of sp³-hybridized carbons (Fsp3) is 0.417. The number of anilines is 2. The van der Waals surface area contributed by atoms with Gasteiger partial charge in [0.15, 0.2) is 0 Å². The molecular weight excluding hydrogens is 246 g/mol. The lowest BCUT2D eigenvalue weighted by molar-refractivity contribution is 0.858. The molecule has 2 heterocycles. The van der Waals surface area contributed by atoms with E-state index < -0.39 is 0 Å². The lowest BCUT2D eigenvalue weighted by Crippen LogP contribution is -2.09. The Hall–Kier alpha value is -1.69. The topological polar surface area (TPSA) is 62.7 Å². The first-order valence-corrected chi connectivity index (χ1v) is 6.89. The van der Waals surface area contributed by atoms with E-state index in [2.05, 4.69) is 39.4 Å². The summed E-state index contributed by atoms with van der Waals surface area (Å²) < 4.78 is 0. The molecule has 2 aromatic heterocycles. The number of rotatable bonds is 6. The Morgan fingerprint density at radius 3 is 2.83 bits per heavy atom. The third kappa shape index (κ3) is 3.40. The summed E-state index contributed by atoms with van der Waals surface area (Å²) in [6, 6.07) is 2.07. The summed E-state index contributed by atoms with van der Waals surface area (Å²) in [6.45, 7) is 5.11. The smallest absolute Gasteiger partial charge is 0.132 e. The highest BCUT2D eigenvalue weighted by atomic mass is 32.1. The quantitative estimate of drug-likeness (QED) is 0.839. The summed E-state index contributed by atoms with van der Waals surface area (Å²) in [4.78, 5) is 12.7. The van der Waals surface area contributed by atoms with Crippen molar-refractivity contribution in [2.24, 2.45) is 0 Å². The Bertz CT molecular complexity index is 471. The van der Waals surface area contributed by atoms with E-state index in [0.717, 1.165) is 29.6 Å². The van der Waals surface area contributed by atoms with Crippen LogP contribution in [0, 0.1) is 0 Å². The van der Waals surface area contributed by atoms with Crippen LogP contribution < -0.4 is 10.6 Å². The highest BCUT2D eigenvalue weighted by Crippen LogP contribution is 2.20. The normalized spacial score (nSPS) is 12.1. The number of nitrogens with zero attached hydrogens (tertiary/aromatic N) is 3. The highest BCUT2D eigenvalue weighted by Gasteiger charge is 2.08. The molecule has 2 aromatic rings. The van der Waals surface area contributed by atoms with Crippen LogP contribution in [0.25, 0.3) is 0 Å². The standard InChI is InChI=1S/C12H17N5S/c1-3-4-13-10-7-11(16-8-15-10)17-9(2)12-14-5-6-18-12/h5-9H,3-4H2,1-2H3,(H2,13,15,16,17). The van der Waals surface area contributed by atoms with Crippen LogP contribution in [-0.4, -0.2) is 21.5 Å². The van der Waals surface area contributed by atoms with Crippen LogP contribution in [0.15, 0.2) is 24.0 Å². The van der Waals surface area contributed by atoms with Crippen LogP contribution in [0.5, 0.6) is 0 Å². The zero-order valence-electron chi connectivity index (χ0n) is 10.6. The third-order valence-electron chi connectivity index (χ3n) is 2.41. The lowest BCUT2D eigenvalue weighted by Gasteiger charge is -2.12. The van der Waals surface area contributed by atoms with Gasteiger partial charge in [-0.3, -0.25) is 0 Å². The van der Waals surface area contributed by atoms with E-state index >= 15 is 0 Å². The lowest BCUT2D eigenvalue weighted by atomic mass is 10.3. The van der Waals surface area contributed by atoms with E-state index in [4.69, 9.17) is 0 Å². The maximum absolute atomic E-state index is 4.28. The molecule has 2 rings (SSSR count). The Labute approximate surface area is 111 Å². The van der Waals surface area contributed by atoms with Gasteiger partial charge in [-0.05, 0) is 13.3 Å². The van der Waals surface area contributed by atoms with Crippen LogP contribution in [0.1, 0.15) is 31.3 Å². The van der Waals surface area contributed by atoms with Gasteiger partial charge in [0.25, 0.3) is 0 Å². The van der Waals surface area contributed by atoms with Gasteiger partial charge in [-0.15, -0.1) is 11.3 Å². The molecule has 0 aromatic carbocycles. The molecule has 0 amide bonds. The first-order chi connectivity index (χ1) is 8.79. The van der Waals surface area contributed by atoms with Crippen LogP contribution in [0.3, 0.4) is 0 Å². The molecule has 1 unspecified atom stereocenters. The van der Waals surface area contributed by atoms with Crippen molar-refractivity contribution in [1.82, 2.24) is 15.0 Å². The van der Waals surface area contributed by atoms with Gasteiger partial charge < -0.3 is 10.6 Å². The van der Waals surface area contributed by atoms with Crippen LogP contribution in [0.2, 0.25) is 0 Å². The largest absolute Gasteiger partial charge is 0.370 e. The average molecular weight is 263 g/mol. The summed E-state index contributed by atoms with van der Waals surface area (Å²) in [5.74, 6) is 1.66. The van der Waals surface area contributed by atoms with Crippen molar-refractivity contribution in [3.8, 4) is 0 Å². The molecule has 96 valence electrons. The van der Waals surface area contributed by atoms with Gasteiger partial charge in [-0.2, -0.15) is 0 Å². The second-order valence-corrected chi connectivity index (χ2v) is 4.88. The molecule has 0 aliphatic heterocycles. The maximum atomic E-state index is 4.28. The molecule has 6 heteroatoms. The minimum Gasteiger partial charge on any atom is -0.370 e. The molecule has 0 fully saturated rings. The molecule has 0 radical (unpaired) electrons. The van der Waals surface area contributed by atoms with E-state index in [-0.39, 0.29) is 6.04 Å². The second kappa shape index (κ2) is 6.30. The molecule has 2 N–H and O–H groups in total. The molecule has 0 bridgehead atoms. The summed E-state index contributed by atoms with van der Waals surface area (Å²) in [5.41, 5.74) is 0. The Balaban J connectivity index is 2.00. The zero-order chi connectivity index (χ0) is 12.8. The van der Waals surface area contributed by atoms with Crippen molar-refractivity contribution in [2.75, 3.05) is 17.2 Å². The first-order valence-electron chi connectivity index (χ1n) is 6.01. The fourth-order valence-corrected chi connectivity index (χ4v) is 2.16. The van der Waals surface area contributed by atoms with Crippen molar-refractivity contribution >= 4 is 23.0 Å². The number of hydrogen-bond donors (Lipinski definition) is 2. The fourth-order valence-electron chi connectivity index (χ4n) is 1.52. The molecule has 18 heavy (non-hydrogen) atoms. The second-order valence-electron chi connectivity index (χ2n) is 3.95. The molecule has 0 saturated carbocycles. The van der Waals surface area contributed by atoms with Gasteiger partial charge in [0, 0.05) is 24.2 Å². The number of thiazole rings is 1. The molecule has 1 atom stereocenters. The Morgan fingerprint density at radius 1 is 1.28 bits per heavy atom. The number of nitrogens with one attached hydrogen (secondary N) is 2. The average Bonchev–Trinajstić information content (AvgIpc) is 2.91. The van der Waals surface area contributed by atoms with E-state index in [9.17, 15) is 0 Å². The van der Waals surface area contributed by atoms with E-state index in [1.165, 1.54) is 0 Å². The van der Waals surface area contributed by atoms with E-state index in [0.29, 0.717) is 0 Å². The van der Waals surface area contributed by atoms with Gasteiger partial charge >= 0.3 is 0 Å². The van der Waals surface area contributed by atoms with Crippen molar-refractivity contribution in [2.45, 2.75) is 26.3 Å². The van der Waals surface area contributed by atoms with Gasteiger partial charge in [0.05, 0.1) is 6.04 Å². The first kappa shape index (κ1) is 12.8. The summed E-state index contributed by atoms with van der Waals surface area (Å²) in [5, 5.41) is 9.58. The predicted molar refractivity (Wildman–Crippen MR) is 75.0 cm³/mol. The highest BCUT2D eigenvalue weighted by molar-refractivity contribution is 7.09. The minimum absolute atomic E-state index is 0.152. The van der Waals surface area contributed by atoms with Crippen molar-refractivity contribution in [3.05, 3.63) is 29.0 Å². The molecular formula is C12H17N5S. The monoisotopic (exact) mass is 263 g/mol. The number of aromatic nitrogens is 3. The van der Waals surface area contributed by atoms with Crippen molar-refractivity contribution < 1.29 is 0 Å². The summed E-state index contributed by atoms with van der Waals surface area (Å²) in [6.07, 6.45) is 4.45. The van der Waals surface area contributed by atoms with Crippen molar-refractivity contribution in [3.63, 3.8) is 0 Å². The molecule has 0 saturated heterocycles. The van der Waals surface area contributed by atoms with E-state index in [1.54, 1.807) is 17.7 Å². The zero-order valence-corrected chi connectivity index (χ0v) is 11.4. The minimum atomic E-state index is 0.152. The van der Waals surface area contributed by atoms with Crippen molar-refractivity contribution in [1.29, 1.82) is 0 Å². The Kier molecular flexibility index (Phi) is 4.46. The SMILES string of the molecule is CCCNc1cc(NC(C)c2nccs2)ncn1. The van der Waals surface area contributed by atoms with Gasteiger partial charge in [0.1, 0.15) is 23.0 Å².